The summed E-state index contributed by atoms with van der Waals surface area (Å²) in [5.41, 5.74) is 1.07. The molecule has 1 aromatic carbocycles. The lowest BCUT2D eigenvalue weighted by Gasteiger charge is -2.22. The SMILES string of the molecule is CC(=S)NC(CNC(C)C)c1ccc(Cl)c(Cl)c1.O=C(O)/C=C/C(=O)O. The lowest BCUT2D eigenvalue weighted by atomic mass is 10.1. The molecule has 0 saturated heterocycles. The molecule has 0 bridgehead atoms. The maximum atomic E-state index is 9.55. The Labute approximate surface area is 168 Å². The van der Waals surface area contributed by atoms with E-state index in [1.807, 2.05) is 25.1 Å². The predicted octanol–water partition coefficient (Wildman–Crippen LogP) is 3.68. The minimum atomic E-state index is -1.26. The Morgan fingerprint density at radius 3 is 2.08 bits per heavy atom. The van der Waals surface area contributed by atoms with Crippen LogP contribution in [0.3, 0.4) is 0 Å². The molecule has 0 amide bonds. The zero-order valence-corrected chi connectivity index (χ0v) is 17.0. The van der Waals surface area contributed by atoms with Crippen LogP contribution in [0.2, 0.25) is 10.0 Å². The van der Waals surface area contributed by atoms with Crippen molar-refractivity contribution in [1.29, 1.82) is 0 Å². The summed E-state index contributed by atoms with van der Waals surface area (Å²) in [6, 6.07) is 6.16. The number of benzene rings is 1. The molecule has 0 saturated carbocycles. The first-order valence-corrected chi connectivity index (χ1v) is 8.78. The summed E-state index contributed by atoms with van der Waals surface area (Å²) in [7, 11) is 0. The van der Waals surface area contributed by atoms with Crippen molar-refractivity contribution in [3.8, 4) is 0 Å². The van der Waals surface area contributed by atoms with E-state index in [1.54, 1.807) is 0 Å². The first-order valence-electron chi connectivity index (χ1n) is 7.62. The monoisotopic (exact) mass is 420 g/mol. The Bertz CT molecular complexity index is 650. The van der Waals surface area contributed by atoms with Gasteiger partial charge in [-0.25, -0.2) is 9.59 Å². The van der Waals surface area contributed by atoms with Crippen LogP contribution in [0, 0.1) is 0 Å². The van der Waals surface area contributed by atoms with Crippen LogP contribution in [0.5, 0.6) is 0 Å². The fraction of sp³-hybridized carbons (Fsp3) is 0.353. The normalized spacial score (nSPS) is 11.6. The molecule has 0 aliphatic heterocycles. The van der Waals surface area contributed by atoms with E-state index in [-0.39, 0.29) is 6.04 Å². The number of nitrogens with one attached hydrogen (secondary N) is 2. The lowest BCUT2D eigenvalue weighted by molar-refractivity contribution is -0.134. The van der Waals surface area contributed by atoms with Gasteiger partial charge < -0.3 is 20.8 Å². The number of carboxylic acids is 2. The summed E-state index contributed by atoms with van der Waals surface area (Å²) in [5, 5.41) is 23.4. The summed E-state index contributed by atoms with van der Waals surface area (Å²) in [6.07, 6.45) is 1.12. The fourth-order valence-electron chi connectivity index (χ4n) is 1.72. The molecule has 1 unspecified atom stereocenters. The zero-order chi connectivity index (χ0) is 20.3. The number of halogens is 2. The number of hydrogen-bond acceptors (Lipinski definition) is 4. The Kier molecular flexibility index (Phi) is 11.8. The Balaban J connectivity index is 0.000000660. The van der Waals surface area contributed by atoms with Gasteiger partial charge in [-0.2, -0.15) is 0 Å². The van der Waals surface area contributed by atoms with Gasteiger partial charge in [0, 0.05) is 24.7 Å². The highest BCUT2D eigenvalue weighted by atomic mass is 35.5. The van der Waals surface area contributed by atoms with E-state index in [0.29, 0.717) is 28.2 Å². The van der Waals surface area contributed by atoms with Gasteiger partial charge in [0.2, 0.25) is 0 Å². The quantitative estimate of drug-likeness (QED) is 0.394. The van der Waals surface area contributed by atoms with Crippen LogP contribution >= 0.6 is 35.4 Å². The molecule has 0 fully saturated rings. The molecular weight excluding hydrogens is 399 g/mol. The van der Waals surface area contributed by atoms with Crippen LogP contribution in [0.1, 0.15) is 32.4 Å². The number of hydrogen-bond donors (Lipinski definition) is 4. The van der Waals surface area contributed by atoms with Crippen LogP contribution in [0.4, 0.5) is 0 Å². The zero-order valence-electron chi connectivity index (χ0n) is 14.6. The number of rotatable bonds is 7. The van der Waals surface area contributed by atoms with Crippen LogP contribution in [-0.2, 0) is 9.59 Å². The van der Waals surface area contributed by atoms with E-state index in [9.17, 15) is 9.59 Å². The molecule has 1 rings (SSSR count). The third-order valence-electron chi connectivity index (χ3n) is 2.82. The van der Waals surface area contributed by atoms with E-state index in [2.05, 4.69) is 24.5 Å². The second kappa shape index (κ2) is 12.6. The van der Waals surface area contributed by atoms with Crippen molar-refractivity contribution in [2.75, 3.05) is 6.54 Å². The Hall–Kier alpha value is -1.67. The highest BCUT2D eigenvalue weighted by Crippen LogP contribution is 2.25. The molecule has 6 nitrogen and oxygen atoms in total. The van der Waals surface area contributed by atoms with Gasteiger partial charge in [0.25, 0.3) is 0 Å². The fourth-order valence-corrected chi connectivity index (χ4v) is 2.17. The van der Waals surface area contributed by atoms with Gasteiger partial charge in [-0.1, -0.05) is 55.3 Å². The van der Waals surface area contributed by atoms with Crippen molar-refractivity contribution in [2.24, 2.45) is 0 Å². The number of aliphatic carboxylic acids is 2. The molecule has 0 spiro atoms. The van der Waals surface area contributed by atoms with Crippen LogP contribution in [0.25, 0.3) is 0 Å². The van der Waals surface area contributed by atoms with Crippen LogP contribution in [0.15, 0.2) is 30.4 Å². The first kappa shape index (κ1) is 24.3. The van der Waals surface area contributed by atoms with E-state index < -0.39 is 11.9 Å². The van der Waals surface area contributed by atoms with E-state index in [0.717, 1.165) is 17.1 Å². The standard InChI is InChI=1S/C13H18Cl2N2S.C4H4O4/c1-8(2)16-7-13(17-9(3)18)10-4-5-11(14)12(15)6-10;5-3(6)1-2-4(7)8/h4-6,8,13,16H,7H2,1-3H3,(H,17,18);1-2H,(H,5,6)(H,7,8)/b;2-1+. The number of carbonyl (C=O) groups is 2. The third kappa shape index (κ3) is 11.8. The van der Waals surface area contributed by atoms with Gasteiger partial charge in [0.15, 0.2) is 0 Å². The minimum Gasteiger partial charge on any atom is -0.478 e. The summed E-state index contributed by atoms with van der Waals surface area (Å²) in [4.78, 5) is 19.9. The third-order valence-corrected chi connectivity index (χ3v) is 3.68. The maximum Gasteiger partial charge on any atom is 0.328 e. The van der Waals surface area contributed by atoms with Gasteiger partial charge in [0.1, 0.15) is 0 Å². The minimum absolute atomic E-state index is 0.0969. The molecule has 26 heavy (non-hydrogen) atoms. The molecule has 0 aromatic heterocycles. The topological polar surface area (TPSA) is 98.7 Å². The van der Waals surface area contributed by atoms with E-state index in [1.165, 1.54) is 0 Å². The summed E-state index contributed by atoms with van der Waals surface area (Å²) >= 11 is 17.1. The molecule has 1 aromatic rings. The molecule has 0 radical (unpaired) electrons. The van der Waals surface area contributed by atoms with Gasteiger partial charge in [0.05, 0.1) is 21.1 Å². The van der Waals surface area contributed by atoms with Crippen molar-refractivity contribution < 1.29 is 19.8 Å². The molecule has 0 heterocycles. The second-order valence-corrected chi connectivity index (χ2v) is 6.93. The Morgan fingerprint density at radius 1 is 1.15 bits per heavy atom. The van der Waals surface area contributed by atoms with Crippen molar-refractivity contribution in [3.05, 3.63) is 46.0 Å². The summed E-state index contributed by atoms with van der Waals surface area (Å²) < 4.78 is 0. The molecule has 0 aliphatic carbocycles. The van der Waals surface area contributed by atoms with Gasteiger partial charge in [-0.3, -0.25) is 0 Å². The van der Waals surface area contributed by atoms with Crippen molar-refractivity contribution in [3.63, 3.8) is 0 Å². The molecule has 144 valence electrons. The second-order valence-electron chi connectivity index (χ2n) is 5.50. The average Bonchev–Trinajstić information content (AvgIpc) is 2.52. The lowest BCUT2D eigenvalue weighted by Crippen LogP contribution is -2.36. The molecule has 9 heteroatoms. The molecule has 0 aliphatic rings. The highest BCUT2D eigenvalue weighted by Gasteiger charge is 2.13. The highest BCUT2D eigenvalue weighted by molar-refractivity contribution is 7.80. The van der Waals surface area contributed by atoms with Gasteiger partial charge in [-0.05, 0) is 24.6 Å². The van der Waals surface area contributed by atoms with Gasteiger partial charge in [-0.15, -0.1) is 0 Å². The summed E-state index contributed by atoms with van der Waals surface area (Å²) in [5.74, 6) is -2.51. The largest absolute Gasteiger partial charge is 0.478 e. The van der Waals surface area contributed by atoms with E-state index >= 15 is 0 Å². The molecule has 4 N–H and O–H groups in total. The summed E-state index contributed by atoms with van der Waals surface area (Å²) in [6.45, 7) is 6.87. The van der Waals surface area contributed by atoms with E-state index in [4.69, 9.17) is 45.6 Å². The van der Waals surface area contributed by atoms with Crippen LogP contribution in [-0.4, -0.2) is 39.7 Å². The van der Waals surface area contributed by atoms with Crippen molar-refractivity contribution >= 4 is 52.3 Å². The smallest absolute Gasteiger partial charge is 0.328 e. The molecule has 1 atom stereocenters. The van der Waals surface area contributed by atoms with Crippen molar-refractivity contribution in [2.45, 2.75) is 32.9 Å². The van der Waals surface area contributed by atoms with Crippen LogP contribution < -0.4 is 10.6 Å². The Morgan fingerprint density at radius 2 is 1.69 bits per heavy atom. The average molecular weight is 421 g/mol. The number of carboxylic acid groups (broad SMARTS) is 2. The number of thiocarbonyl (C=S) groups is 1. The first-order chi connectivity index (χ1) is 12.0. The maximum absolute atomic E-state index is 9.55. The molecular formula is C17H22Cl2N2O4S. The predicted molar refractivity (Wildman–Crippen MR) is 108 cm³/mol. The van der Waals surface area contributed by atoms with Gasteiger partial charge >= 0.3 is 11.9 Å². The van der Waals surface area contributed by atoms with Crippen molar-refractivity contribution in [1.82, 2.24) is 10.6 Å².